The van der Waals surface area contributed by atoms with Gasteiger partial charge < -0.3 is 16.2 Å². The molecule has 3 aromatic rings. The smallest absolute Gasteiger partial charge is 0.192 e. The third kappa shape index (κ3) is 4.70. The number of anilines is 2. The Balaban J connectivity index is 1.91. The summed E-state index contributed by atoms with van der Waals surface area (Å²) < 4.78 is 0.788. The Hall–Kier alpha value is -2.41. The first-order chi connectivity index (χ1) is 13.5. The van der Waals surface area contributed by atoms with Gasteiger partial charge in [0.25, 0.3) is 0 Å². The summed E-state index contributed by atoms with van der Waals surface area (Å²) in [7, 11) is 0. The number of thioether (sulfide) groups is 1. The molecule has 2 heterocycles. The summed E-state index contributed by atoms with van der Waals surface area (Å²) in [6.45, 7) is 4.14. The van der Waals surface area contributed by atoms with Crippen molar-refractivity contribution in [3.8, 4) is 6.07 Å². The normalized spacial score (nSPS) is 13.2. The van der Waals surface area contributed by atoms with Crippen molar-refractivity contribution in [2.24, 2.45) is 0 Å². The molecule has 4 N–H and O–H groups in total. The van der Waals surface area contributed by atoms with Gasteiger partial charge in [0.1, 0.15) is 4.70 Å². The number of thiazole rings is 1. The fourth-order valence-electron chi connectivity index (χ4n) is 2.81. The number of hydrogen-bond acceptors (Lipinski definition) is 9. The minimum atomic E-state index is -0.0889. The van der Waals surface area contributed by atoms with Crippen LogP contribution in [0.2, 0.25) is 0 Å². The lowest BCUT2D eigenvalue weighted by Crippen LogP contribution is -2.24. The first-order valence-electron chi connectivity index (χ1n) is 9.02. The Morgan fingerprint density at radius 2 is 2.18 bits per heavy atom. The van der Waals surface area contributed by atoms with E-state index >= 15 is 0 Å². The molecule has 0 saturated heterocycles. The lowest BCUT2D eigenvalue weighted by atomic mass is 10.1. The molecular formula is C19H22N6OS2. The summed E-state index contributed by atoms with van der Waals surface area (Å²) in [4.78, 5) is 13.5. The van der Waals surface area contributed by atoms with Crippen LogP contribution in [0.4, 0.5) is 10.9 Å². The second-order valence-corrected chi connectivity index (χ2v) is 8.71. The van der Waals surface area contributed by atoms with Crippen molar-refractivity contribution in [2.75, 3.05) is 17.7 Å². The minimum Gasteiger partial charge on any atom is -0.394 e. The van der Waals surface area contributed by atoms with Gasteiger partial charge in [0.2, 0.25) is 0 Å². The zero-order valence-electron chi connectivity index (χ0n) is 15.7. The number of nitrogens with zero attached hydrogens (tertiary/aromatic N) is 4. The molecule has 2 atom stereocenters. The van der Waals surface area contributed by atoms with E-state index in [4.69, 9.17) is 11.0 Å². The molecule has 0 saturated carbocycles. The second-order valence-electron chi connectivity index (χ2n) is 6.37. The van der Waals surface area contributed by atoms with Gasteiger partial charge >= 0.3 is 0 Å². The molecule has 0 amide bonds. The van der Waals surface area contributed by atoms with Crippen molar-refractivity contribution < 1.29 is 5.11 Å². The molecule has 0 aliphatic carbocycles. The van der Waals surface area contributed by atoms with Crippen LogP contribution >= 0.6 is 23.1 Å². The van der Waals surface area contributed by atoms with Gasteiger partial charge in [0, 0.05) is 5.25 Å². The van der Waals surface area contributed by atoms with Crippen LogP contribution in [0.3, 0.4) is 0 Å². The van der Waals surface area contributed by atoms with E-state index in [1.807, 2.05) is 25.1 Å². The Bertz CT molecular complexity index is 1000. The van der Waals surface area contributed by atoms with Crippen molar-refractivity contribution in [3.05, 3.63) is 35.4 Å². The van der Waals surface area contributed by atoms with Crippen LogP contribution in [0.15, 0.2) is 29.4 Å². The second kappa shape index (κ2) is 9.19. The fraction of sp³-hybridized carbons (Fsp3) is 0.368. The number of aliphatic hydroxyl groups excluding tert-OH is 1. The summed E-state index contributed by atoms with van der Waals surface area (Å²) in [6, 6.07) is 9.60. The number of aliphatic hydroxyl groups is 1. The molecule has 28 heavy (non-hydrogen) atoms. The molecule has 0 aliphatic rings. The molecular weight excluding hydrogens is 392 g/mol. The number of nitrogen functional groups attached to an aromatic ring is 1. The Kier molecular flexibility index (Phi) is 6.67. The number of rotatable bonds is 8. The van der Waals surface area contributed by atoms with Gasteiger partial charge in [0.05, 0.1) is 24.3 Å². The molecule has 2 aromatic heterocycles. The molecule has 146 valence electrons. The number of benzene rings is 1. The van der Waals surface area contributed by atoms with E-state index < -0.39 is 0 Å². The van der Waals surface area contributed by atoms with Crippen molar-refractivity contribution in [1.29, 1.82) is 5.26 Å². The van der Waals surface area contributed by atoms with Gasteiger partial charge in [-0.25, -0.2) is 15.0 Å². The fourth-order valence-corrected chi connectivity index (χ4v) is 4.42. The summed E-state index contributed by atoms with van der Waals surface area (Å²) in [5.74, 6) is 0.646. The highest BCUT2D eigenvalue weighted by Gasteiger charge is 2.18. The molecule has 0 fully saturated rings. The molecule has 7 nitrogen and oxygen atoms in total. The van der Waals surface area contributed by atoms with Crippen LogP contribution in [0.25, 0.3) is 10.3 Å². The number of nitriles is 1. The zero-order chi connectivity index (χ0) is 20.1. The number of nitrogens with two attached hydrogens (primary N) is 1. The highest BCUT2D eigenvalue weighted by atomic mass is 32.2. The summed E-state index contributed by atoms with van der Waals surface area (Å²) in [5, 5.41) is 23.1. The van der Waals surface area contributed by atoms with E-state index in [-0.39, 0.29) is 17.9 Å². The van der Waals surface area contributed by atoms with Crippen molar-refractivity contribution >= 4 is 44.4 Å². The molecule has 1 unspecified atom stereocenters. The topological polar surface area (TPSA) is 121 Å². The molecule has 0 aliphatic heterocycles. The maximum Gasteiger partial charge on any atom is 0.192 e. The summed E-state index contributed by atoms with van der Waals surface area (Å²) in [5.41, 5.74) is 8.08. The van der Waals surface area contributed by atoms with Gasteiger partial charge in [0.15, 0.2) is 21.8 Å². The van der Waals surface area contributed by atoms with E-state index in [1.165, 1.54) is 23.1 Å². The number of nitrogens with one attached hydrogen (secondary N) is 1. The standard InChI is InChI=1S/C19H22N6OS2/c1-3-5-14(10-26)22-16-15-17(23-18(21)28-15)25-19(24-16)27-11(2)13-7-4-6-12(8-13)9-20/h4,6-8,11,14,26H,3,5,10H2,1-2H3,(H3,21,22,23,24,25)/t11?,14-/m0/s1. The van der Waals surface area contributed by atoms with E-state index in [2.05, 4.69) is 33.3 Å². The van der Waals surface area contributed by atoms with E-state index in [0.717, 1.165) is 23.1 Å². The van der Waals surface area contributed by atoms with E-state index in [9.17, 15) is 5.11 Å². The molecule has 9 heteroatoms. The van der Waals surface area contributed by atoms with Crippen LogP contribution in [0.1, 0.15) is 43.1 Å². The maximum absolute atomic E-state index is 9.63. The quantitative estimate of drug-likeness (QED) is 0.374. The first kappa shape index (κ1) is 20.3. The molecule has 0 spiro atoms. The highest BCUT2D eigenvalue weighted by molar-refractivity contribution is 7.99. The number of hydrogen-bond donors (Lipinski definition) is 3. The van der Waals surface area contributed by atoms with Crippen molar-refractivity contribution in [2.45, 2.75) is 43.1 Å². The molecule has 1 aromatic carbocycles. The Morgan fingerprint density at radius 1 is 1.36 bits per heavy atom. The van der Waals surface area contributed by atoms with Gasteiger partial charge in [-0.3, -0.25) is 0 Å². The van der Waals surface area contributed by atoms with E-state index in [1.54, 1.807) is 6.07 Å². The summed E-state index contributed by atoms with van der Waals surface area (Å²) >= 11 is 2.82. The van der Waals surface area contributed by atoms with Crippen LogP contribution in [-0.2, 0) is 0 Å². The number of aromatic nitrogens is 3. The van der Waals surface area contributed by atoms with Gasteiger partial charge in [-0.2, -0.15) is 5.26 Å². The van der Waals surface area contributed by atoms with Crippen LogP contribution in [0.5, 0.6) is 0 Å². The van der Waals surface area contributed by atoms with E-state index in [0.29, 0.717) is 27.3 Å². The van der Waals surface area contributed by atoms with Gasteiger partial charge in [-0.1, -0.05) is 48.6 Å². The predicted molar refractivity (Wildman–Crippen MR) is 114 cm³/mol. The minimum absolute atomic E-state index is 0.0213. The van der Waals surface area contributed by atoms with Crippen LogP contribution in [-0.4, -0.2) is 32.7 Å². The SMILES string of the molecule is CCC[C@@H](CO)Nc1nc(SC(C)c2cccc(C#N)c2)nc2nc(N)sc12. The van der Waals surface area contributed by atoms with Gasteiger partial charge in [-0.05, 0) is 31.0 Å². The predicted octanol–water partition coefficient (Wildman–Crippen LogP) is 3.97. The average Bonchev–Trinajstić information content (AvgIpc) is 3.08. The third-order valence-electron chi connectivity index (χ3n) is 4.22. The Labute approximate surface area is 172 Å². The first-order valence-corrected chi connectivity index (χ1v) is 10.7. The number of fused-ring (bicyclic) bond motifs is 1. The average molecular weight is 415 g/mol. The monoisotopic (exact) mass is 414 g/mol. The largest absolute Gasteiger partial charge is 0.394 e. The van der Waals surface area contributed by atoms with Crippen LogP contribution in [0, 0.1) is 11.3 Å². The molecule has 3 rings (SSSR count). The van der Waals surface area contributed by atoms with Crippen molar-refractivity contribution in [1.82, 2.24) is 15.0 Å². The Morgan fingerprint density at radius 3 is 2.89 bits per heavy atom. The lowest BCUT2D eigenvalue weighted by Gasteiger charge is -2.17. The van der Waals surface area contributed by atoms with Crippen LogP contribution < -0.4 is 11.1 Å². The maximum atomic E-state index is 9.63. The van der Waals surface area contributed by atoms with Gasteiger partial charge in [-0.15, -0.1) is 0 Å². The lowest BCUT2D eigenvalue weighted by molar-refractivity contribution is 0.268. The van der Waals surface area contributed by atoms with Crippen molar-refractivity contribution in [3.63, 3.8) is 0 Å². The zero-order valence-corrected chi connectivity index (χ0v) is 17.3. The molecule has 0 radical (unpaired) electrons. The molecule has 0 bridgehead atoms. The highest BCUT2D eigenvalue weighted by Crippen LogP contribution is 2.36. The summed E-state index contributed by atoms with van der Waals surface area (Å²) in [6.07, 6.45) is 1.78. The third-order valence-corrected chi connectivity index (χ3v) is 6.12.